The largest absolute Gasteiger partial charge is 0.575 e. The van der Waals surface area contributed by atoms with E-state index in [1.807, 2.05) is 13.8 Å². The Balaban J connectivity index is 2.84. The Morgan fingerprint density at radius 1 is 1.36 bits per heavy atom. The maximum Gasteiger partial charge on any atom is 0.575 e. The minimum atomic E-state index is -4.74. The summed E-state index contributed by atoms with van der Waals surface area (Å²) in [6, 6.07) is 0.886. The smallest absolute Gasteiger partial charge is 0.371 e. The monoisotopic (exact) mass is 206 g/mol. The fourth-order valence-corrected chi connectivity index (χ4v) is 0.828. The number of aromatic nitrogens is 2. The zero-order chi connectivity index (χ0) is 10.8. The normalized spacial score (nSPS) is 11.9. The standard InChI is InChI=1S/C8H9F3N2O/c1-5(2)6-3-4-12-7(13-6)14-8(9,10)11/h3-5H,1-2H3. The number of hydrogen-bond donors (Lipinski definition) is 0. The van der Waals surface area contributed by atoms with Crippen molar-refractivity contribution in [3.05, 3.63) is 18.0 Å². The van der Waals surface area contributed by atoms with Crippen molar-refractivity contribution in [2.75, 3.05) is 0 Å². The van der Waals surface area contributed by atoms with Crippen LogP contribution in [0.5, 0.6) is 6.01 Å². The van der Waals surface area contributed by atoms with Gasteiger partial charge in [-0.15, -0.1) is 13.2 Å². The molecule has 0 aliphatic heterocycles. The second-order valence-electron chi connectivity index (χ2n) is 2.97. The molecule has 0 aromatic carbocycles. The molecule has 1 rings (SSSR count). The van der Waals surface area contributed by atoms with Gasteiger partial charge >= 0.3 is 12.4 Å². The van der Waals surface area contributed by atoms with Gasteiger partial charge in [0.2, 0.25) is 0 Å². The van der Waals surface area contributed by atoms with E-state index >= 15 is 0 Å². The summed E-state index contributed by atoms with van der Waals surface area (Å²) < 4.78 is 38.9. The average molecular weight is 206 g/mol. The molecule has 0 bridgehead atoms. The molecule has 0 spiro atoms. The molecule has 1 aromatic heterocycles. The lowest BCUT2D eigenvalue weighted by Crippen LogP contribution is -2.19. The lowest BCUT2D eigenvalue weighted by atomic mass is 10.1. The Kier molecular flexibility index (Phi) is 2.93. The molecule has 1 heterocycles. The molecule has 6 heteroatoms. The molecule has 14 heavy (non-hydrogen) atoms. The third-order valence-electron chi connectivity index (χ3n) is 1.45. The van der Waals surface area contributed by atoms with Crippen LogP contribution in [0.25, 0.3) is 0 Å². The van der Waals surface area contributed by atoms with Crippen molar-refractivity contribution >= 4 is 0 Å². The summed E-state index contributed by atoms with van der Waals surface area (Å²) in [4.78, 5) is 6.96. The highest BCUT2D eigenvalue weighted by atomic mass is 19.4. The van der Waals surface area contributed by atoms with Gasteiger partial charge in [-0.3, -0.25) is 0 Å². The predicted molar refractivity (Wildman–Crippen MR) is 42.8 cm³/mol. The van der Waals surface area contributed by atoms with Gasteiger partial charge in [-0.05, 0) is 12.0 Å². The van der Waals surface area contributed by atoms with E-state index in [0.29, 0.717) is 5.69 Å². The molecule has 0 radical (unpaired) electrons. The van der Waals surface area contributed by atoms with E-state index < -0.39 is 12.4 Å². The minimum absolute atomic E-state index is 0.0357. The van der Waals surface area contributed by atoms with E-state index in [1.165, 1.54) is 6.20 Å². The van der Waals surface area contributed by atoms with Gasteiger partial charge in [0.05, 0.1) is 5.69 Å². The molecule has 1 aromatic rings. The fraction of sp³-hybridized carbons (Fsp3) is 0.500. The zero-order valence-corrected chi connectivity index (χ0v) is 7.67. The van der Waals surface area contributed by atoms with Crippen LogP contribution in [0.1, 0.15) is 25.5 Å². The summed E-state index contributed by atoms with van der Waals surface area (Å²) >= 11 is 0. The van der Waals surface area contributed by atoms with E-state index in [1.54, 1.807) is 6.07 Å². The Hall–Kier alpha value is -1.33. The molecule has 0 saturated carbocycles. The summed E-state index contributed by atoms with van der Waals surface area (Å²) in [5.74, 6) is 0.0357. The van der Waals surface area contributed by atoms with Gasteiger partial charge in [0.1, 0.15) is 0 Å². The summed E-state index contributed by atoms with van der Waals surface area (Å²) in [5, 5.41) is 0. The highest BCUT2D eigenvalue weighted by Crippen LogP contribution is 2.20. The van der Waals surface area contributed by atoms with E-state index in [-0.39, 0.29) is 5.92 Å². The second-order valence-corrected chi connectivity index (χ2v) is 2.97. The first-order valence-corrected chi connectivity index (χ1v) is 3.97. The van der Waals surface area contributed by atoms with Crippen LogP contribution >= 0.6 is 0 Å². The minimum Gasteiger partial charge on any atom is -0.371 e. The first kappa shape index (κ1) is 10.7. The van der Waals surface area contributed by atoms with Crippen LogP contribution in [0, 0.1) is 0 Å². The summed E-state index contributed by atoms with van der Waals surface area (Å²) in [6.45, 7) is 3.64. The maximum atomic E-state index is 11.8. The van der Waals surface area contributed by atoms with Gasteiger partial charge in [0, 0.05) is 6.20 Å². The van der Waals surface area contributed by atoms with Crippen molar-refractivity contribution in [1.82, 2.24) is 9.97 Å². The summed E-state index contributed by atoms with van der Waals surface area (Å²) in [6.07, 6.45) is -3.50. The topological polar surface area (TPSA) is 35.0 Å². The maximum absolute atomic E-state index is 11.8. The van der Waals surface area contributed by atoms with E-state index in [2.05, 4.69) is 14.7 Å². The molecular weight excluding hydrogens is 197 g/mol. The lowest BCUT2D eigenvalue weighted by Gasteiger charge is -2.08. The Bertz CT molecular complexity index is 312. The summed E-state index contributed by atoms with van der Waals surface area (Å²) in [7, 11) is 0. The second kappa shape index (κ2) is 3.81. The van der Waals surface area contributed by atoms with Crippen molar-refractivity contribution < 1.29 is 17.9 Å². The van der Waals surface area contributed by atoms with E-state index in [9.17, 15) is 13.2 Å². The van der Waals surface area contributed by atoms with E-state index in [0.717, 1.165) is 0 Å². The van der Waals surface area contributed by atoms with Gasteiger partial charge in [0.15, 0.2) is 0 Å². The molecule has 0 aliphatic carbocycles. The number of ether oxygens (including phenoxy) is 1. The van der Waals surface area contributed by atoms with Gasteiger partial charge in [-0.1, -0.05) is 13.8 Å². The van der Waals surface area contributed by atoms with Crippen LogP contribution in [-0.2, 0) is 0 Å². The molecule has 0 saturated heterocycles. The van der Waals surface area contributed by atoms with Crippen molar-refractivity contribution in [1.29, 1.82) is 0 Å². The zero-order valence-electron chi connectivity index (χ0n) is 7.67. The molecule has 0 aliphatic rings. The Morgan fingerprint density at radius 2 is 2.00 bits per heavy atom. The molecule has 0 atom stereocenters. The van der Waals surface area contributed by atoms with E-state index in [4.69, 9.17) is 0 Å². The summed E-state index contributed by atoms with van der Waals surface area (Å²) in [5.41, 5.74) is 0.513. The lowest BCUT2D eigenvalue weighted by molar-refractivity contribution is -0.277. The third-order valence-corrected chi connectivity index (χ3v) is 1.45. The van der Waals surface area contributed by atoms with Crippen LogP contribution in [0.15, 0.2) is 12.3 Å². The van der Waals surface area contributed by atoms with Crippen LogP contribution < -0.4 is 4.74 Å². The number of rotatable bonds is 2. The fourth-order valence-electron chi connectivity index (χ4n) is 0.828. The molecule has 0 amide bonds. The molecular formula is C8H9F3N2O. The molecule has 0 N–H and O–H groups in total. The predicted octanol–water partition coefficient (Wildman–Crippen LogP) is 2.50. The number of hydrogen-bond acceptors (Lipinski definition) is 3. The van der Waals surface area contributed by atoms with Crippen molar-refractivity contribution in [2.24, 2.45) is 0 Å². The molecule has 0 fully saturated rings. The van der Waals surface area contributed by atoms with Gasteiger partial charge in [-0.2, -0.15) is 4.98 Å². The highest BCUT2D eigenvalue weighted by molar-refractivity contribution is 5.08. The van der Waals surface area contributed by atoms with Crippen molar-refractivity contribution in [2.45, 2.75) is 26.1 Å². The van der Waals surface area contributed by atoms with Crippen molar-refractivity contribution in [3.63, 3.8) is 0 Å². The third kappa shape index (κ3) is 3.20. The molecule has 3 nitrogen and oxygen atoms in total. The first-order valence-electron chi connectivity index (χ1n) is 3.97. The van der Waals surface area contributed by atoms with Crippen molar-refractivity contribution in [3.8, 4) is 6.01 Å². The SMILES string of the molecule is CC(C)c1ccnc(OC(F)(F)F)n1. The number of nitrogens with zero attached hydrogens (tertiary/aromatic N) is 2. The quantitative estimate of drug-likeness (QED) is 0.745. The van der Waals surface area contributed by atoms with Crippen LogP contribution in [0.4, 0.5) is 13.2 Å². The Labute approximate surface area is 78.9 Å². The van der Waals surface area contributed by atoms with Gasteiger partial charge in [0.25, 0.3) is 0 Å². The molecule has 78 valence electrons. The molecule has 0 unspecified atom stereocenters. The van der Waals surface area contributed by atoms with Gasteiger partial charge in [-0.25, -0.2) is 4.98 Å². The Morgan fingerprint density at radius 3 is 2.50 bits per heavy atom. The number of halogens is 3. The highest BCUT2D eigenvalue weighted by Gasteiger charge is 2.32. The number of alkyl halides is 3. The van der Waals surface area contributed by atoms with Gasteiger partial charge < -0.3 is 4.74 Å². The van der Waals surface area contributed by atoms with Crippen LogP contribution in [0.2, 0.25) is 0 Å². The van der Waals surface area contributed by atoms with Crippen LogP contribution in [0.3, 0.4) is 0 Å². The first-order chi connectivity index (χ1) is 6.38. The average Bonchev–Trinajstić information content (AvgIpc) is 2.01. The van der Waals surface area contributed by atoms with Crippen LogP contribution in [-0.4, -0.2) is 16.3 Å².